The van der Waals surface area contributed by atoms with Gasteiger partial charge in [-0.2, -0.15) is 0 Å². The average molecular weight is 240 g/mol. The van der Waals surface area contributed by atoms with Gasteiger partial charge in [0.05, 0.1) is 0 Å². The van der Waals surface area contributed by atoms with Crippen LogP contribution in [-0.4, -0.2) is 29.6 Å². The van der Waals surface area contributed by atoms with E-state index >= 15 is 0 Å². The molecule has 0 spiro atoms. The number of hydrogen-bond acceptors (Lipinski definition) is 2. The van der Waals surface area contributed by atoms with E-state index in [0.717, 1.165) is 18.5 Å². The Labute approximate surface area is 108 Å². The molecule has 1 fully saturated rings. The van der Waals surface area contributed by atoms with Crippen LogP contribution < -0.4 is 5.73 Å². The minimum Gasteiger partial charge on any atom is -0.329 e. The van der Waals surface area contributed by atoms with Crippen LogP contribution in [0.4, 0.5) is 0 Å². The van der Waals surface area contributed by atoms with E-state index in [1.54, 1.807) is 0 Å². The van der Waals surface area contributed by atoms with Crippen molar-refractivity contribution in [2.45, 2.75) is 77.8 Å². The van der Waals surface area contributed by atoms with Gasteiger partial charge in [0, 0.05) is 24.7 Å². The zero-order valence-corrected chi connectivity index (χ0v) is 12.3. The molecular weight excluding hydrogens is 208 g/mol. The molecule has 0 aromatic heterocycles. The van der Waals surface area contributed by atoms with Crippen LogP contribution in [0.5, 0.6) is 0 Å². The summed E-state index contributed by atoms with van der Waals surface area (Å²) in [5.41, 5.74) is 6.38. The highest BCUT2D eigenvalue weighted by Gasteiger charge is 2.37. The Morgan fingerprint density at radius 1 is 1.18 bits per heavy atom. The van der Waals surface area contributed by atoms with E-state index in [4.69, 9.17) is 5.73 Å². The maximum absolute atomic E-state index is 6.13. The minimum atomic E-state index is 0.249. The maximum Gasteiger partial charge on any atom is 0.0329 e. The van der Waals surface area contributed by atoms with Crippen molar-refractivity contribution in [3.05, 3.63) is 0 Å². The first-order valence-electron chi connectivity index (χ1n) is 7.56. The third-order valence-corrected chi connectivity index (χ3v) is 4.63. The first-order valence-corrected chi connectivity index (χ1v) is 7.56. The largest absolute Gasteiger partial charge is 0.329 e. The lowest BCUT2D eigenvalue weighted by Gasteiger charge is -2.47. The van der Waals surface area contributed by atoms with Gasteiger partial charge < -0.3 is 5.73 Å². The second kappa shape index (κ2) is 6.75. The Morgan fingerprint density at radius 2 is 1.71 bits per heavy atom. The lowest BCUT2D eigenvalue weighted by atomic mass is 9.87. The molecule has 102 valence electrons. The van der Waals surface area contributed by atoms with Gasteiger partial charge >= 0.3 is 0 Å². The monoisotopic (exact) mass is 240 g/mol. The van der Waals surface area contributed by atoms with E-state index < -0.39 is 0 Å². The summed E-state index contributed by atoms with van der Waals surface area (Å²) in [6.45, 7) is 11.3. The van der Waals surface area contributed by atoms with Crippen molar-refractivity contribution in [3.63, 3.8) is 0 Å². The van der Waals surface area contributed by atoms with Gasteiger partial charge in [-0.05, 0) is 31.6 Å². The van der Waals surface area contributed by atoms with Crippen LogP contribution in [0.1, 0.15) is 66.2 Å². The van der Waals surface area contributed by atoms with Gasteiger partial charge in [0.25, 0.3) is 0 Å². The zero-order valence-electron chi connectivity index (χ0n) is 12.3. The number of rotatable bonds is 7. The van der Waals surface area contributed by atoms with E-state index in [9.17, 15) is 0 Å². The van der Waals surface area contributed by atoms with Crippen molar-refractivity contribution in [1.29, 1.82) is 0 Å². The molecule has 2 nitrogen and oxygen atoms in total. The minimum absolute atomic E-state index is 0.249. The smallest absolute Gasteiger partial charge is 0.0329 e. The Bertz CT molecular complexity index is 195. The summed E-state index contributed by atoms with van der Waals surface area (Å²) in [6.07, 6.45) is 7.95. The Kier molecular flexibility index (Phi) is 5.94. The second-order valence-corrected chi connectivity index (χ2v) is 6.12. The molecule has 0 aromatic rings. The van der Waals surface area contributed by atoms with Gasteiger partial charge in [0.15, 0.2) is 0 Å². The van der Waals surface area contributed by atoms with Gasteiger partial charge in [0.1, 0.15) is 0 Å². The van der Waals surface area contributed by atoms with Crippen molar-refractivity contribution in [2.24, 2.45) is 11.7 Å². The molecule has 1 aliphatic rings. The molecule has 0 amide bonds. The van der Waals surface area contributed by atoms with Crippen molar-refractivity contribution < 1.29 is 0 Å². The molecule has 0 aliphatic heterocycles. The molecule has 0 bridgehead atoms. The third kappa shape index (κ3) is 3.45. The predicted octanol–water partition coefficient (Wildman–Crippen LogP) is 3.40. The van der Waals surface area contributed by atoms with Crippen molar-refractivity contribution in [2.75, 3.05) is 13.1 Å². The molecule has 0 heterocycles. The normalized spacial score (nSPS) is 18.5. The van der Waals surface area contributed by atoms with Gasteiger partial charge in [-0.1, -0.05) is 40.5 Å². The van der Waals surface area contributed by atoms with Crippen LogP contribution in [-0.2, 0) is 0 Å². The molecule has 0 atom stereocenters. The standard InChI is InChI=1S/C15H32N2/c1-5-15(6-2,12-16)17(11-13(3)4)14-9-7-8-10-14/h13-14H,5-12,16H2,1-4H3. The van der Waals surface area contributed by atoms with Gasteiger partial charge in [-0.25, -0.2) is 0 Å². The quantitative estimate of drug-likeness (QED) is 0.739. The van der Waals surface area contributed by atoms with Crippen LogP contribution in [0.25, 0.3) is 0 Å². The molecular formula is C15H32N2. The molecule has 1 saturated carbocycles. The van der Waals surface area contributed by atoms with Gasteiger partial charge in [0.2, 0.25) is 0 Å². The fourth-order valence-corrected chi connectivity index (χ4v) is 3.40. The average Bonchev–Trinajstić information content (AvgIpc) is 2.83. The lowest BCUT2D eigenvalue weighted by Crippen LogP contribution is -2.57. The van der Waals surface area contributed by atoms with Crippen LogP contribution in [0, 0.1) is 5.92 Å². The Morgan fingerprint density at radius 3 is 2.06 bits per heavy atom. The highest BCUT2D eigenvalue weighted by atomic mass is 15.2. The summed E-state index contributed by atoms with van der Waals surface area (Å²) in [7, 11) is 0. The Balaban J connectivity index is 2.85. The molecule has 0 saturated heterocycles. The highest BCUT2D eigenvalue weighted by Crippen LogP contribution is 2.33. The van der Waals surface area contributed by atoms with E-state index in [0.29, 0.717) is 0 Å². The van der Waals surface area contributed by atoms with Gasteiger partial charge in [-0.3, -0.25) is 4.90 Å². The van der Waals surface area contributed by atoms with E-state index in [1.807, 2.05) is 0 Å². The SMILES string of the molecule is CCC(CC)(CN)N(CC(C)C)C1CCCC1. The summed E-state index contributed by atoms with van der Waals surface area (Å²) in [4.78, 5) is 2.77. The fraction of sp³-hybridized carbons (Fsp3) is 1.00. The van der Waals surface area contributed by atoms with Crippen LogP contribution >= 0.6 is 0 Å². The van der Waals surface area contributed by atoms with Crippen molar-refractivity contribution >= 4 is 0 Å². The third-order valence-electron chi connectivity index (χ3n) is 4.63. The van der Waals surface area contributed by atoms with Crippen LogP contribution in [0.2, 0.25) is 0 Å². The lowest BCUT2D eigenvalue weighted by molar-refractivity contribution is 0.0312. The maximum atomic E-state index is 6.13. The topological polar surface area (TPSA) is 29.3 Å². The van der Waals surface area contributed by atoms with E-state index in [1.165, 1.54) is 45.1 Å². The summed E-state index contributed by atoms with van der Waals surface area (Å²) < 4.78 is 0. The summed E-state index contributed by atoms with van der Waals surface area (Å²) in [5, 5.41) is 0. The number of hydrogen-bond donors (Lipinski definition) is 1. The molecule has 0 unspecified atom stereocenters. The fourth-order valence-electron chi connectivity index (χ4n) is 3.40. The van der Waals surface area contributed by atoms with Crippen LogP contribution in [0.15, 0.2) is 0 Å². The molecule has 0 radical (unpaired) electrons. The van der Waals surface area contributed by atoms with Crippen LogP contribution in [0.3, 0.4) is 0 Å². The molecule has 17 heavy (non-hydrogen) atoms. The zero-order chi connectivity index (χ0) is 12.9. The molecule has 2 N–H and O–H groups in total. The number of nitrogens with zero attached hydrogens (tertiary/aromatic N) is 1. The van der Waals surface area contributed by atoms with E-state index in [-0.39, 0.29) is 5.54 Å². The second-order valence-electron chi connectivity index (χ2n) is 6.12. The summed E-state index contributed by atoms with van der Waals surface area (Å²) >= 11 is 0. The highest BCUT2D eigenvalue weighted by molar-refractivity contribution is 4.94. The first-order chi connectivity index (χ1) is 8.09. The van der Waals surface area contributed by atoms with Crippen molar-refractivity contribution in [3.8, 4) is 0 Å². The van der Waals surface area contributed by atoms with Crippen molar-refractivity contribution in [1.82, 2.24) is 4.90 Å². The number of nitrogens with two attached hydrogens (primary N) is 1. The Hall–Kier alpha value is -0.0800. The summed E-state index contributed by atoms with van der Waals surface area (Å²) in [5.74, 6) is 0.736. The first kappa shape index (κ1) is 15.0. The summed E-state index contributed by atoms with van der Waals surface area (Å²) in [6, 6.07) is 0.792. The molecule has 2 heteroatoms. The molecule has 1 aliphatic carbocycles. The van der Waals surface area contributed by atoms with E-state index in [2.05, 4.69) is 32.6 Å². The predicted molar refractivity (Wildman–Crippen MR) is 76.2 cm³/mol. The van der Waals surface area contributed by atoms with Gasteiger partial charge in [-0.15, -0.1) is 0 Å². The molecule has 1 rings (SSSR count). The molecule has 0 aromatic carbocycles.